The lowest BCUT2D eigenvalue weighted by atomic mass is 9.99. The molecule has 3 nitrogen and oxygen atoms in total. The van der Waals surface area contributed by atoms with Crippen LogP contribution >= 0.6 is 0 Å². The summed E-state index contributed by atoms with van der Waals surface area (Å²) in [5, 5.41) is 12.5. The second-order valence-corrected chi connectivity index (χ2v) is 4.51. The van der Waals surface area contributed by atoms with E-state index in [1.807, 2.05) is 6.92 Å². The van der Waals surface area contributed by atoms with E-state index in [4.69, 9.17) is 5.26 Å². The zero-order valence-electron chi connectivity index (χ0n) is 9.51. The highest BCUT2D eigenvalue weighted by Gasteiger charge is 2.32. The molecular weight excluding hydrogens is 174 g/mol. The summed E-state index contributed by atoms with van der Waals surface area (Å²) in [6.07, 6.45) is 3.38. The van der Waals surface area contributed by atoms with Crippen LogP contribution in [0.15, 0.2) is 0 Å². The molecule has 0 amide bonds. The molecule has 0 saturated heterocycles. The van der Waals surface area contributed by atoms with Crippen molar-refractivity contribution in [3.63, 3.8) is 0 Å². The normalized spacial score (nSPS) is 20.5. The first-order valence-corrected chi connectivity index (χ1v) is 5.47. The van der Waals surface area contributed by atoms with Gasteiger partial charge in [-0.3, -0.25) is 5.32 Å². The van der Waals surface area contributed by atoms with E-state index in [2.05, 4.69) is 30.3 Å². The van der Waals surface area contributed by atoms with Crippen molar-refractivity contribution in [2.45, 2.75) is 44.7 Å². The Labute approximate surface area is 87.1 Å². The Hall–Kier alpha value is -0.590. The van der Waals surface area contributed by atoms with Crippen molar-refractivity contribution >= 4 is 0 Å². The SMILES string of the molecule is CCN(C)CCC(C)(C#N)NC1CC1. The highest BCUT2D eigenvalue weighted by Crippen LogP contribution is 2.23. The van der Waals surface area contributed by atoms with Gasteiger partial charge < -0.3 is 4.90 Å². The van der Waals surface area contributed by atoms with Gasteiger partial charge in [0, 0.05) is 12.6 Å². The summed E-state index contributed by atoms with van der Waals surface area (Å²) in [6.45, 7) is 6.18. The van der Waals surface area contributed by atoms with E-state index < -0.39 is 0 Å². The third-order valence-electron chi connectivity index (χ3n) is 2.88. The van der Waals surface area contributed by atoms with E-state index in [0.29, 0.717) is 6.04 Å². The summed E-state index contributed by atoms with van der Waals surface area (Å²) in [5.41, 5.74) is -0.329. The zero-order valence-corrected chi connectivity index (χ0v) is 9.51. The predicted molar refractivity (Wildman–Crippen MR) is 58.0 cm³/mol. The summed E-state index contributed by atoms with van der Waals surface area (Å²) < 4.78 is 0. The lowest BCUT2D eigenvalue weighted by molar-refractivity contribution is 0.298. The van der Waals surface area contributed by atoms with Gasteiger partial charge in [-0.25, -0.2) is 0 Å². The Morgan fingerprint density at radius 1 is 1.57 bits per heavy atom. The van der Waals surface area contributed by atoms with Crippen LogP contribution in [-0.4, -0.2) is 36.6 Å². The van der Waals surface area contributed by atoms with E-state index in [1.165, 1.54) is 12.8 Å². The van der Waals surface area contributed by atoms with Gasteiger partial charge in [0.25, 0.3) is 0 Å². The van der Waals surface area contributed by atoms with Crippen LogP contribution in [-0.2, 0) is 0 Å². The molecule has 1 fully saturated rings. The second kappa shape index (κ2) is 4.77. The molecule has 80 valence electrons. The average molecular weight is 195 g/mol. The summed E-state index contributed by atoms with van der Waals surface area (Å²) in [7, 11) is 2.09. The van der Waals surface area contributed by atoms with E-state index in [0.717, 1.165) is 19.5 Å². The molecule has 0 heterocycles. The Balaban J connectivity index is 2.32. The molecular formula is C11H21N3. The maximum atomic E-state index is 9.12. The minimum atomic E-state index is -0.329. The summed E-state index contributed by atoms with van der Waals surface area (Å²) >= 11 is 0. The molecule has 1 atom stereocenters. The lowest BCUT2D eigenvalue weighted by Gasteiger charge is -2.25. The smallest absolute Gasteiger partial charge is 0.105 e. The molecule has 0 bridgehead atoms. The van der Waals surface area contributed by atoms with Gasteiger partial charge in [-0.2, -0.15) is 5.26 Å². The number of nitrogens with one attached hydrogen (secondary N) is 1. The van der Waals surface area contributed by atoms with Crippen LogP contribution in [0.2, 0.25) is 0 Å². The maximum Gasteiger partial charge on any atom is 0.105 e. The third kappa shape index (κ3) is 3.65. The van der Waals surface area contributed by atoms with Crippen LogP contribution < -0.4 is 5.32 Å². The standard InChI is InChI=1S/C11H21N3/c1-4-14(3)8-7-11(2,9-12)13-10-5-6-10/h10,13H,4-8H2,1-3H3. The van der Waals surface area contributed by atoms with Gasteiger partial charge in [0.2, 0.25) is 0 Å². The van der Waals surface area contributed by atoms with Crippen molar-refractivity contribution in [3.05, 3.63) is 0 Å². The lowest BCUT2D eigenvalue weighted by Crippen LogP contribution is -2.44. The quantitative estimate of drug-likeness (QED) is 0.695. The van der Waals surface area contributed by atoms with Crippen LogP contribution in [0.25, 0.3) is 0 Å². The molecule has 1 aliphatic rings. The molecule has 0 radical (unpaired) electrons. The zero-order chi connectivity index (χ0) is 10.6. The molecule has 1 rings (SSSR count). The average Bonchev–Trinajstić information content (AvgIpc) is 2.98. The van der Waals surface area contributed by atoms with Crippen molar-refractivity contribution in [3.8, 4) is 6.07 Å². The molecule has 0 spiro atoms. The fourth-order valence-corrected chi connectivity index (χ4v) is 1.41. The van der Waals surface area contributed by atoms with Gasteiger partial charge in [-0.1, -0.05) is 6.92 Å². The van der Waals surface area contributed by atoms with E-state index in [-0.39, 0.29) is 5.54 Å². The highest BCUT2D eigenvalue weighted by atomic mass is 15.1. The molecule has 3 heteroatoms. The van der Waals surface area contributed by atoms with Crippen molar-refractivity contribution in [1.82, 2.24) is 10.2 Å². The molecule has 0 aromatic rings. The molecule has 0 aromatic heterocycles. The highest BCUT2D eigenvalue weighted by molar-refractivity contribution is 5.07. The Morgan fingerprint density at radius 3 is 2.64 bits per heavy atom. The molecule has 1 N–H and O–H groups in total. The number of hydrogen-bond donors (Lipinski definition) is 1. The maximum absolute atomic E-state index is 9.12. The number of rotatable bonds is 6. The van der Waals surface area contributed by atoms with Crippen LogP contribution in [0.4, 0.5) is 0 Å². The second-order valence-electron chi connectivity index (χ2n) is 4.51. The molecule has 1 aliphatic carbocycles. The van der Waals surface area contributed by atoms with Crippen molar-refractivity contribution < 1.29 is 0 Å². The molecule has 1 saturated carbocycles. The minimum absolute atomic E-state index is 0.329. The fourth-order valence-electron chi connectivity index (χ4n) is 1.41. The Bertz CT molecular complexity index is 217. The van der Waals surface area contributed by atoms with E-state index in [1.54, 1.807) is 0 Å². The van der Waals surface area contributed by atoms with Crippen molar-refractivity contribution in [1.29, 1.82) is 5.26 Å². The molecule has 0 aliphatic heterocycles. The fraction of sp³-hybridized carbons (Fsp3) is 0.909. The van der Waals surface area contributed by atoms with E-state index in [9.17, 15) is 0 Å². The molecule has 14 heavy (non-hydrogen) atoms. The minimum Gasteiger partial charge on any atom is -0.307 e. The van der Waals surface area contributed by atoms with Gasteiger partial charge >= 0.3 is 0 Å². The Morgan fingerprint density at radius 2 is 2.21 bits per heavy atom. The summed E-state index contributed by atoms with van der Waals surface area (Å²) in [6, 6.07) is 2.99. The largest absolute Gasteiger partial charge is 0.307 e. The number of nitrogens with zero attached hydrogens (tertiary/aromatic N) is 2. The van der Waals surface area contributed by atoms with Crippen LogP contribution in [0.3, 0.4) is 0 Å². The van der Waals surface area contributed by atoms with Crippen LogP contribution in [0, 0.1) is 11.3 Å². The van der Waals surface area contributed by atoms with Crippen LogP contribution in [0.5, 0.6) is 0 Å². The van der Waals surface area contributed by atoms with Crippen LogP contribution in [0.1, 0.15) is 33.1 Å². The first-order chi connectivity index (χ1) is 6.59. The number of nitriles is 1. The first-order valence-electron chi connectivity index (χ1n) is 5.47. The topological polar surface area (TPSA) is 39.1 Å². The Kier molecular flexibility index (Phi) is 3.91. The molecule has 1 unspecified atom stereocenters. The summed E-state index contributed by atoms with van der Waals surface area (Å²) in [4.78, 5) is 2.24. The van der Waals surface area contributed by atoms with Gasteiger partial charge in [-0.15, -0.1) is 0 Å². The first kappa shape index (κ1) is 11.5. The van der Waals surface area contributed by atoms with Gasteiger partial charge in [0.1, 0.15) is 5.54 Å². The van der Waals surface area contributed by atoms with Gasteiger partial charge in [-0.05, 0) is 39.8 Å². The van der Waals surface area contributed by atoms with Crippen molar-refractivity contribution in [2.24, 2.45) is 0 Å². The summed E-state index contributed by atoms with van der Waals surface area (Å²) in [5.74, 6) is 0. The van der Waals surface area contributed by atoms with Gasteiger partial charge in [0.05, 0.1) is 6.07 Å². The van der Waals surface area contributed by atoms with E-state index >= 15 is 0 Å². The third-order valence-corrected chi connectivity index (χ3v) is 2.88. The van der Waals surface area contributed by atoms with Crippen molar-refractivity contribution in [2.75, 3.05) is 20.1 Å². The monoisotopic (exact) mass is 195 g/mol. The predicted octanol–water partition coefficient (Wildman–Crippen LogP) is 1.36. The number of hydrogen-bond acceptors (Lipinski definition) is 3. The molecule has 0 aromatic carbocycles. The van der Waals surface area contributed by atoms with Gasteiger partial charge in [0.15, 0.2) is 0 Å².